The lowest BCUT2D eigenvalue weighted by Crippen LogP contribution is -2.09. The molecule has 11 heavy (non-hydrogen) atoms. The molecule has 0 aromatic rings. The topological polar surface area (TPSA) is 3.24 Å². The van der Waals surface area contributed by atoms with E-state index in [-0.39, 0.29) is 0 Å². The fourth-order valence-electron chi connectivity index (χ4n) is 0.951. The van der Waals surface area contributed by atoms with Gasteiger partial charge in [0.2, 0.25) is 0 Å². The molecule has 0 aliphatic rings. The molecule has 1 heteroatoms. The van der Waals surface area contributed by atoms with Gasteiger partial charge < -0.3 is 4.90 Å². The summed E-state index contributed by atoms with van der Waals surface area (Å²) in [5.41, 5.74) is 0. The predicted octanol–water partition coefficient (Wildman–Crippen LogP) is 2.89. The van der Waals surface area contributed by atoms with Crippen molar-refractivity contribution in [3.8, 4) is 0 Å². The van der Waals surface area contributed by atoms with E-state index in [1.54, 1.807) is 0 Å². The lowest BCUT2D eigenvalue weighted by molar-refractivity contribution is 0.476. The van der Waals surface area contributed by atoms with Crippen molar-refractivity contribution < 1.29 is 0 Å². The number of hydrogen-bond acceptors (Lipinski definition) is 1. The standard InChI is InChI=1S/C10H21N/c1-5-7-10(3)8-9-11(4)6-2/h8-10H,5-7H2,1-4H3/b9-8+/t10-/m1/s1. The van der Waals surface area contributed by atoms with Crippen molar-refractivity contribution >= 4 is 0 Å². The molecule has 0 aromatic heterocycles. The molecule has 0 saturated heterocycles. The Balaban J connectivity index is 3.54. The largest absolute Gasteiger partial charge is 0.381 e. The highest BCUT2D eigenvalue weighted by Gasteiger charge is 1.93. The van der Waals surface area contributed by atoms with Gasteiger partial charge in [-0.1, -0.05) is 26.3 Å². The minimum atomic E-state index is 0.731. The van der Waals surface area contributed by atoms with E-state index in [2.05, 4.69) is 45.0 Å². The summed E-state index contributed by atoms with van der Waals surface area (Å²) in [6.45, 7) is 7.75. The summed E-state index contributed by atoms with van der Waals surface area (Å²) in [6.07, 6.45) is 7.04. The zero-order valence-corrected chi connectivity index (χ0v) is 8.30. The highest BCUT2D eigenvalue weighted by molar-refractivity contribution is 4.84. The van der Waals surface area contributed by atoms with E-state index in [9.17, 15) is 0 Å². The van der Waals surface area contributed by atoms with Crippen molar-refractivity contribution in [3.63, 3.8) is 0 Å². The highest BCUT2D eigenvalue weighted by Crippen LogP contribution is 2.06. The molecule has 0 saturated carbocycles. The van der Waals surface area contributed by atoms with Crippen LogP contribution in [0.2, 0.25) is 0 Å². The van der Waals surface area contributed by atoms with Crippen LogP contribution in [0.1, 0.15) is 33.6 Å². The quantitative estimate of drug-likeness (QED) is 0.590. The molecule has 0 aliphatic heterocycles. The first kappa shape index (κ1) is 10.5. The maximum absolute atomic E-state index is 2.28. The third kappa shape index (κ3) is 5.96. The lowest BCUT2D eigenvalue weighted by Gasteiger charge is -2.11. The summed E-state index contributed by atoms with van der Waals surface area (Å²) in [4.78, 5) is 2.20. The van der Waals surface area contributed by atoms with Gasteiger partial charge in [0.15, 0.2) is 0 Å². The molecule has 0 N–H and O–H groups in total. The third-order valence-electron chi connectivity index (χ3n) is 1.91. The average Bonchev–Trinajstić information content (AvgIpc) is 2.01. The van der Waals surface area contributed by atoms with Gasteiger partial charge in [-0.25, -0.2) is 0 Å². The van der Waals surface area contributed by atoms with Crippen LogP contribution in [0, 0.1) is 5.92 Å². The molecule has 0 heterocycles. The summed E-state index contributed by atoms with van der Waals surface area (Å²) in [6, 6.07) is 0. The van der Waals surface area contributed by atoms with E-state index in [0.717, 1.165) is 12.5 Å². The van der Waals surface area contributed by atoms with Crippen LogP contribution < -0.4 is 0 Å². The van der Waals surface area contributed by atoms with Gasteiger partial charge in [-0.2, -0.15) is 0 Å². The molecular formula is C10H21N. The minimum Gasteiger partial charge on any atom is -0.381 e. The Bertz CT molecular complexity index is 107. The van der Waals surface area contributed by atoms with Gasteiger partial charge >= 0.3 is 0 Å². The van der Waals surface area contributed by atoms with Gasteiger partial charge in [0.1, 0.15) is 0 Å². The summed E-state index contributed by atoms with van der Waals surface area (Å²) in [7, 11) is 2.11. The average molecular weight is 155 g/mol. The van der Waals surface area contributed by atoms with Gasteiger partial charge in [-0.15, -0.1) is 0 Å². The number of rotatable bonds is 5. The first-order chi connectivity index (χ1) is 5.20. The zero-order chi connectivity index (χ0) is 8.69. The Morgan fingerprint density at radius 3 is 2.45 bits per heavy atom. The summed E-state index contributed by atoms with van der Waals surface area (Å²) >= 11 is 0. The van der Waals surface area contributed by atoms with Crippen LogP contribution in [-0.2, 0) is 0 Å². The molecule has 0 rings (SSSR count). The Morgan fingerprint density at radius 1 is 1.36 bits per heavy atom. The second kappa shape index (κ2) is 6.26. The second-order valence-corrected chi connectivity index (χ2v) is 3.18. The third-order valence-corrected chi connectivity index (χ3v) is 1.91. The molecule has 0 aromatic carbocycles. The maximum Gasteiger partial charge on any atom is 0.0140 e. The summed E-state index contributed by atoms with van der Waals surface area (Å²) in [5.74, 6) is 0.731. The molecule has 0 bridgehead atoms. The minimum absolute atomic E-state index is 0.731. The van der Waals surface area contributed by atoms with Crippen molar-refractivity contribution in [1.29, 1.82) is 0 Å². The Kier molecular flexibility index (Phi) is 6.00. The number of allylic oxidation sites excluding steroid dienone is 1. The maximum atomic E-state index is 2.28. The lowest BCUT2D eigenvalue weighted by atomic mass is 10.1. The second-order valence-electron chi connectivity index (χ2n) is 3.18. The zero-order valence-electron chi connectivity index (χ0n) is 8.30. The Labute approximate surface area is 71.1 Å². The van der Waals surface area contributed by atoms with E-state index >= 15 is 0 Å². The first-order valence-corrected chi connectivity index (χ1v) is 4.59. The van der Waals surface area contributed by atoms with E-state index < -0.39 is 0 Å². The van der Waals surface area contributed by atoms with Crippen LogP contribution in [0.15, 0.2) is 12.3 Å². The van der Waals surface area contributed by atoms with Gasteiger partial charge in [0.25, 0.3) is 0 Å². The van der Waals surface area contributed by atoms with Crippen LogP contribution in [-0.4, -0.2) is 18.5 Å². The van der Waals surface area contributed by atoms with Crippen LogP contribution in [0.25, 0.3) is 0 Å². The van der Waals surface area contributed by atoms with Crippen LogP contribution in [0.4, 0.5) is 0 Å². The molecule has 0 fully saturated rings. The monoisotopic (exact) mass is 155 g/mol. The van der Waals surface area contributed by atoms with E-state index in [0.29, 0.717) is 0 Å². The Hall–Kier alpha value is -0.460. The molecule has 0 amide bonds. The van der Waals surface area contributed by atoms with Gasteiger partial charge in [-0.3, -0.25) is 0 Å². The molecule has 0 unspecified atom stereocenters. The van der Waals surface area contributed by atoms with E-state index in [4.69, 9.17) is 0 Å². The van der Waals surface area contributed by atoms with Crippen molar-refractivity contribution in [2.45, 2.75) is 33.6 Å². The Morgan fingerprint density at radius 2 is 2.00 bits per heavy atom. The van der Waals surface area contributed by atoms with Crippen LogP contribution in [0.3, 0.4) is 0 Å². The smallest absolute Gasteiger partial charge is 0.0140 e. The van der Waals surface area contributed by atoms with E-state index in [1.165, 1.54) is 12.8 Å². The first-order valence-electron chi connectivity index (χ1n) is 4.59. The summed E-state index contributed by atoms with van der Waals surface area (Å²) < 4.78 is 0. The predicted molar refractivity (Wildman–Crippen MR) is 51.5 cm³/mol. The molecular weight excluding hydrogens is 134 g/mol. The molecule has 0 aliphatic carbocycles. The van der Waals surface area contributed by atoms with Crippen LogP contribution in [0.5, 0.6) is 0 Å². The molecule has 1 atom stereocenters. The fourth-order valence-corrected chi connectivity index (χ4v) is 0.951. The molecule has 1 nitrogen and oxygen atoms in total. The van der Waals surface area contributed by atoms with Gasteiger partial charge in [0, 0.05) is 13.6 Å². The number of hydrogen-bond donors (Lipinski definition) is 0. The normalized spacial score (nSPS) is 13.8. The summed E-state index contributed by atoms with van der Waals surface area (Å²) in [5, 5.41) is 0. The van der Waals surface area contributed by atoms with E-state index in [1.807, 2.05) is 0 Å². The molecule has 66 valence electrons. The molecule has 0 radical (unpaired) electrons. The SMILES string of the molecule is CCC[C@@H](C)/C=C/N(C)CC. The van der Waals surface area contributed by atoms with Crippen LogP contribution >= 0.6 is 0 Å². The van der Waals surface area contributed by atoms with Crippen molar-refractivity contribution in [2.24, 2.45) is 5.92 Å². The highest BCUT2D eigenvalue weighted by atomic mass is 15.1. The van der Waals surface area contributed by atoms with Crippen molar-refractivity contribution in [1.82, 2.24) is 4.90 Å². The van der Waals surface area contributed by atoms with Crippen molar-refractivity contribution in [3.05, 3.63) is 12.3 Å². The molecule has 0 spiro atoms. The number of nitrogens with zero attached hydrogens (tertiary/aromatic N) is 1. The fraction of sp³-hybridized carbons (Fsp3) is 0.800. The van der Waals surface area contributed by atoms with Crippen molar-refractivity contribution in [2.75, 3.05) is 13.6 Å². The van der Waals surface area contributed by atoms with Gasteiger partial charge in [0.05, 0.1) is 0 Å². The van der Waals surface area contributed by atoms with Gasteiger partial charge in [-0.05, 0) is 25.5 Å².